The summed E-state index contributed by atoms with van der Waals surface area (Å²) in [6.07, 6.45) is 1.52. The number of benzene rings is 3. The average molecular weight is 558 g/mol. The second kappa shape index (κ2) is 14.0. The molecule has 0 amide bonds. The highest BCUT2D eigenvalue weighted by Gasteiger charge is 2.27. The van der Waals surface area contributed by atoms with Crippen LogP contribution in [0.3, 0.4) is 0 Å². The minimum absolute atomic E-state index is 0.226. The van der Waals surface area contributed by atoms with Gasteiger partial charge in [-0.05, 0) is 48.2 Å². The molecule has 0 unspecified atom stereocenters. The standard InChI is InChI=1S/C33H36FN3O4/c1-38-33(39-2)26-17-19-37(20-18-26)30-15-13-27(21-28(30)34)35-29-14-16-31(40-22-24-9-5-3-6-10-24)36-32(29)41-23-25-11-7-4-8-12-25/h3-16,21,26,33,35H,17-20,22-23H2,1-2H3. The number of nitrogens with zero attached hydrogens (tertiary/aromatic N) is 2. The fourth-order valence-corrected chi connectivity index (χ4v) is 5.06. The summed E-state index contributed by atoms with van der Waals surface area (Å²) >= 11 is 0. The predicted octanol–water partition coefficient (Wildman–Crippen LogP) is 6.96. The maximum Gasteiger partial charge on any atom is 0.241 e. The number of hydrogen-bond donors (Lipinski definition) is 1. The minimum atomic E-state index is -0.286. The monoisotopic (exact) mass is 557 g/mol. The number of ether oxygens (including phenoxy) is 4. The number of rotatable bonds is 12. The molecule has 3 aromatic carbocycles. The molecule has 0 atom stereocenters. The van der Waals surface area contributed by atoms with Crippen LogP contribution in [0, 0.1) is 11.7 Å². The fourth-order valence-electron chi connectivity index (χ4n) is 5.06. The molecule has 7 nitrogen and oxygen atoms in total. The smallest absolute Gasteiger partial charge is 0.241 e. The third-order valence-electron chi connectivity index (χ3n) is 7.24. The first-order valence-electron chi connectivity index (χ1n) is 13.8. The number of nitrogens with one attached hydrogen (secondary N) is 1. The summed E-state index contributed by atoms with van der Waals surface area (Å²) in [6.45, 7) is 2.20. The summed E-state index contributed by atoms with van der Waals surface area (Å²) < 4.78 is 38.2. The number of piperidine rings is 1. The first-order valence-corrected chi connectivity index (χ1v) is 13.8. The molecule has 0 aliphatic carbocycles. The second-order valence-electron chi connectivity index (χ2n) is 10.0. The lowest BCUT2D eigenvalue weighted by Gasteiger charge is -2.36. The summed E-state index contributed by atoms with van der Waals surface area (Å²) in [4.78, 5) is 6.69. The maximum absolute atomic E-state index is 15.3. The van der Waals surface area contributed by atoms with Crippen LogP contribution in [0.15, 0.2) is 91.0 Å². The molecule has 8 heteroatoms. The van der Waals surface area contributed by atoms with E-state index in [9.17, 15) is 0 Å². The van der Waals surface area contributed by atoms with Gasteiger partial charge in [0.1, 0.15) is 24.7 Å². The quantitative estimate of drug-likeness (QED) is 0.189. The Balaban J connectivity index is 1.29. The molecule has 1 aliphatic heterocycles. The Kier molecular flexibility index (Phi) is 9.67. The van der Waals surface area contributed by atoms with E-state index in [1.165, 1.54) is 6.07 Å². The van der Waals surface area contributed by atoms with Crippen LogP contribution in [0.4, 0.5) is 21.5 Å². The highest BCUT2D eigenvalue weighted by atomic mass is 19.1. The predicted molar refractivity (Wildman–Crippen MR) is 158 cm³/mol. The summed E-state index contributed by atoms with van der Waals surface area (Å²) in [5, 5.41) is 3.28. The number of halogens is 1. The van der Waals surface area contributed by atoms with Crippen LogP contribution in [0.25, 0.3) is 0 Å². The molecule has 2 heterocycles. The third-order valence-corrected chi connectivity index (χ3v) is 7.24. The SMILES string of the molecule is COC(OC)C1CCN(c2ccc(Nc3ccc(OCc4ccccc4)nc3OCc3ccccc3)cc2F)CC1. The number of pyridine rings is 1. The molecular weight excluding hydrogens is 521 g/mol. The summed E-state index contributed by atoms with van der Waals surface area (Å²) in [5.41, 5.74) is 3.86. The lowest BCUT2D eigenvalue weighted by molar-refractivity contribution is -0.141. The van der Waals surface area contributed by atoms with Gasteiger partial charge in [0.05, 0.1) is 5.69 Å². The summed E-state index contributed by atoms with van der Waals surface area (Å²) in [7, 11) is 3.32. The van der Waals surface area contributed by atoms with E-state index in [-0.39, 0.29) is 12.1 Å². The van der Waals surface area contributed by atoms with E-state index in [2.05, 4.69) is 15.2 Å². The van der Waals surface area contributed by atoms with Gasteiger partial charge in [-0.3, -0.25) is 0 Å². The molecule has 4 aromatic rings. The van der Waals surface area contributed by atoms with E-state index in [1.807, 2.05) is 78.9 Å². The van der Waals surface area contributed by atoms with Crippen molar-refractivity contribution in [3.05, 3.63) is 108 Å². The van der Waals surface area contributed by atoms with Gasteiger partial charge in [-0.25, -0.2) is 4.39 Å². The topological polar surface area (TPSA) is 65.1 Å². The molecule has 1 fully saturated rings. The Morgan fingerprint density at radius 2 is 1.46 bits per heavy atom. The van der Waals surface area contributed by atoms with Crippen molar-refractivity contribution in [3.8, 4) is 11.8 Å². The zero-order valence-electron chi connectivity index (χ0n) is 23.5. The molecule has 5 rings (SSSR count). The first kappa shape index (κ1) is 28.4. The summed E-state index contributed by atoms with van der Waals surface area (Å²) in [5.74, 6) is 0.825. The molecule has 214 valence electrons. The van der Waals surface area contributed by atoms with Crippen LogP contribution in [0.5, 0.6) is 11.8 Å². The van der Waals surface area contributed by atoms with Gasteiger partial charge in [-0.15, -0.1) is 0 Å². The molecule has 1 N–H and O–H groups in total. The number of hydrogen-bond acceptors (Lipinski definition) is 7. The minimum Gasteiger partial charge on any atom is -0.473 e. The molecule has 0 bridgehead atoms. The Labute approximate surface area is 240 Å². The van der Waals surface area contributed by atoms with Crippen molar-refractivity contribution in [1.82, 2.24) is 4.98 Å². The van der Waals surface area contributed by atoms with Crippen LogP contribution in [0.1, 0.15) is 24.0 Å². The Hall–Kier alpha value is -4.14. The molecule has 0 saturated carbocycles. The van der Waals surface area contributed by atoms with Crippen molar-refractivity contribution >= 4 is 17.1 Å². The molecule has 0 spiro atoms. The molecule has 1 aromatic heterocycles. The summed E-state index contributed by atoms with van der Waals surface area (Å²) in [6, 6.07) is 28.6. The van der Waals surface area contributed by atoms with Crippen LogP contribution in [-0.2, 0) is 22.7 Å². The van der Waals surface area contributed by atoms with Gasteiger partial charge in [0.2, 0.25) is 11.8 Å². The normalized spacial score (nSPS) is 13.8. The molecular formula is C33H36FN3O4. The first-order chi connectivity index (χ1) is 20.1. The maximum atomic E-state index is 15.3. The third kappa shape index (κ3) is 7.54. The van der Waals surface area contributed by atoms with Gasteiger partial charge >= 0.3 is 0 Å². The lowest BCUT2D eigenvalue weighted by atomic mass is 9.95. The van der Waals surface area contributed by atoms with Gasteiger partial charge in [0, 0.05) is 45.0 Å². The van der Waals surface area contributed by atoms with Crippen molar-refractivity contribution in [1.29, 1.82) is 0 Å². The van der Waals surface area contributed by atoms with E-state index in [0.29, 0.717) is 48.0 Å². The van der Waals surface area contributed by atoms with Crippen molar-refractivity contribution in [3.63, 3.8) is 0 Å². The van der Waals surface area contributed by atoms with E-state index in [0.717, 1.165) is 37.1 Å². The van der Waals surface area contributed by atoms with Crippen LogP contribution < -0.4 is 19.7 Å². The van der Waals surface area contributed by atoms with Crippen molar-refractivity contribution in [2.75, 3.05) is 37.5 Å². The van der Waals surface area contributed by atoms with E-state index in [1.54, 1.807) is 20.3 Å². The van der Waals surface area contributed by atoms with E-state index < -0.39 is 0 Å². The zero-order chi connectivity index (χ0) is 28.4. The fraction of sp³-hybridized carbons (Fsp3) is 0.303. The van der Waals surface area contributed by atoms with Gasteiger partial charge in [-0.2, -0.15) is 4.98 Å². The Morgan fingerprint density at radius 3 is 2.07 bits per heavy atom. The Bertz CT molecular complexity index is 1380. The van der Waals surface area contributed by atoms with E-state index >= 15 is 4.39 Å². The van der Waals surface area contributed by atoms with E-state index in [4.69, 9.17) is 18.9 Å². The lowest BCUT2D eigenvalue weighted by Crippen LogP contribution is -2.39. The second-order valence-corrected chi connectivity index (χ2v) is 10.0. The van der Waals surface area contributed by atoms with Gasteiger partial charge in [0.15, 0.2) is 6.29 Å². The van der Waals surface area contributed by atoms with Gasteiger partial charge in [0.25, 0.3) is 0 Å². The number of aromatic nitrogens is 1. The van der Waals surface area contributed by atoms with Crippen LogP contribution in [-0.4, -0.2) is 38.6 Å². The molecule has 1 saturated heterocycles. The van der Waals surface area contributed by atoms with Gasteiger partial charge < -0.3 is 29.2 Å². The van der Waals surface area contributed by atoms with Crippen LogP contribution >= 0.6 is 0 Å². The molecule has 0 radical (unpaired) electrons. The highest BCUT2D eigenvalue weighted by Crippen LogP contribution is 2.33. The number of methoxy groups -OCH3 is 2. The molecule has 41 heavy (non-hydrogen) atoms. The van der Waals surface area contributed by atoms with Crippen molar-refractivity contribution in [2.45, 2.75) is 32.3 Å². The molecule has 1 aliphatic rings. The largest absolute Gasteiger partial charge is 0.473 e. The highest BCUT2D eigenvalue weighted by molar-refractivity contribution is 5.67. The van der Waals surface area contributed by atoms with Crippen molar-refractivity contribution in [2.24, 2.45) is 5.92 Å². The zero-order valence-corrected chi connectivity index (χ0v) is 23.5. The van der Waals surface area contributed by atoms with Crippen molar-refractivity contribution < 1.29 is 23.3 Å². The average Bonchev–Trinajstić information content (AvgIpc) is 3.02. The number of anilines is 3. The Morgan fingerprint density at radius 1 is 0.829 bits per heavy atom. The van der Waals surface area contributed by atoms with Crippen LogP contribution in [0.2, 0.25) is 0 Å². The van der Waals surface area contributed by atoms with Gasteiger partial charge in [-0.1, -0.05) is 60.7 Å².